The van der Waals surface area contributed by atoms with Crippen molar-refractivity contribution in [2.24, 2.45) is 0 Å². The minimum atomic E-state index is -4.44. The Morgan fingerprint density at radius 3 is 2.62 bits per heavy atom. The standard InChI is InChI=1S/C10H7F3NO2/c11-10(12,13)8-5-6-14(15)16-9-4-2-1-3-7(8)9/h1-6,8H/q+1. The number of benzene rings is 1. The Labute approximate surface area is 88.7 Å². The number of hydrogen-bond donors (Lipinski definition) is 0. The Morgan fingerprint density at radius 1 is 1.25 bits per heavy atom. The summed E-state index contributed by atoms with van der Waals surface area (Å²) in [5, 5.41) is 0. The maximum absolute atomic E-state index is 12.7. The van der Waals surface area contributed by atoms with E-state index in [-0.39, 0.29) is 16.2 Å². The number of rotatable bonds is 0. The van der Waals surface area contributed by atoms with E-state index in [2.05, 4.69) is 4.84 Å². The summed E-state index contributed by atoms with van der Waals surface area (Å²) in [7, 11) is 0. The lowest BCUT2D eigenvalue weighted by Gasteiger charge is -2.15. The fourth-order valence-electron chi connectivity index (χ4n) is 1.49. The van der Waals surface area contributed by atoms with Crippen molar-refractivity contribution < 1.29 is 22.9 Å². The molecule has 6 heteroatoms. The first-order valence-electron chi connectivity index (χ1n) is 4.47. The molecule has 0 spiro atoms. The van der Waals surface area contributed by atoms with Crippen LogP contribution in [0.5, 0.6) is 5.75 Å². The third-order valence-corrected chi connectivity index (χ3v) is 2.20. The van der Waals surface area contributed by atoms with Gasteiger partial charge in [0, 0.05) is 11.6 Å². The highest BCUT2D eigenvalue weighted by Gasteiger charge is 2.43. The molecular formula is C10H7F3NO2+. The highest BCUT2D eigenvalue weighted by molar-refractivity contribution is 5.39. The van der Waals surface area contributed by atoms with Gasteiger partial charge in [0.2, 0.25) is 5.75 Å². The third-order valence-electron chi connectivity index (χ3n) is 2.20. The van der Waals surface area contributed by atoms with Gasteiger partial charge in [-0.1, -0.05) is 18.2 Å². The van der Waals surface area contributed by atoms with Crippen molar-refractivity contribution in [3.8, 4) is 5.75 Å². The van der Waals surface area contributed by atoms with Gasteiger partial charge >= 0.3 is 6.18 Å². The van der Waals surface area contributed by atoms with Gasteiger partial charge < -0.3 is 0 Å². The average Bonchev–Trinajstić information content (AvgIpc) is 2.34. The first kappa shape index (κ1) is 10.7. The molecule has 1 aromatic rings. The van der Waals surface area contributed by atoms with Gasteiger partial charge in [-0.05, 0) is 6.07 Å². The van der Waals surface area contributed by atoms with Crippen molar-refractivity contribution in [2.75, 3.05) is 0 Å². The van der Waals surface area contributed by atoms with Gasteiger partial charge in [-0.3, -0.25) is 0 Å². The summed E-state index contributed by atoms with van der Waals surface area (Å²) in [5.74, 6) is -1.90. The van der Waals surface area contributed by atoms with E-state index in [1.165, 1.54) is 24.3 Å². The first-order chi connectivity index (χ1) is 7.48. The van der Waals surface area contributed by atoms with Crippen LogP contribution in [0, 0.1) is 4.91 Å². The molecule has 1 atom stereocenters. The molecule has 0 fully saturated rings. The molecule has 1 unspecified atom stereocenters. The Morgan fingerprint density at radius 2 is 1.94 bits per heavy atom. The lowest BCUT2D eigenvalue weighted by atomic mass is 9.98. The minimum Gasteiger partial charge on any atom is -0.185 e. The fourth-order valence-corrected chi connectivity index (χ4v) is 1.49. The maximum Gasteiger partial charge on any atom is 0.399 e. The summed E-state index contributed by atoms with van der Waals surface area (Å²) in [6, 6.07) is 5.59. The van der Waals surface area contributed by atoms with Crippen LogP contribution in [0.15, 0.2) is 36.5 Å². The number of fused-ring (bicyclic) bond motifs is 1. The van der Waals surface area contributed by atoms with Crippen molar-refractivity contribution in [2.45, 2.75) is 12.1 Å². The molecule has 84 valence electrons. The summed E-state index contributed by atoms with van der Waals surface area (Å²) in [5.41, 5.74) is -0.0652. The topological polar surface area (TPSA) is 29.3 Å². The number of nitrogens with zero attached hydrogens (tertiary/aromatic N) is 1. The number of halogens is 3. The number of para-hydroxylation sites is 1. The van der Waals surface area contributed by atoms with Crippen LogP contribution >= 0.6 is 0 Å². The number of allylic oxidation sites excluding steroid dienone is 1. The smallest absolute Gasteiger partial charge is 0.185 e. The zero-order valence-electron chi connectivity index (χ0n) is 7.94. The van der Waals surface area contributed by atoms with E-state index in [1.807, 2.05) is 0 Å². The molecule has 1 aromatic carbocycles. The predicted molar refractivity (Wildman–Crippen MR) is 48.6 cm³/mol. The maximum atomic E-state index is 12.7. The Hall–Kier alpha value is -1.85. The van der Waals surface area contributed by atoms with Crippen molar-refractivity contribution in [3.63, 3.8) is 0 Å². The highest BCUT2D eigenvalue weighted by atomic mass is 19.4. The average molecular weight is 230 g/mol. The quantitative estimate of drug-likeness (QED) is 0.685. The van der Waals surface area contributed by atoms with E-state index in [1.54, 1.807) is 0 Å². The fraction of sp³-hybridized carbons (Fsp3) is 0.200. The summed E-state index contributed by atoms with van der Waals surface area (Å²) >= 11 is 0. The molecule has 0 radical (unpaired) electrons. The monoisotopic (exact) mass is 230 g/mol. The second-order valence-corrected chi connectivity index (χ2v) is 3.28. The van der Waals surface area contributed by atoms with E-state index in [9.17, 15) is 18.1 Å². The lowest BCUT2D eigenvalue weighted by Crippen LogP contribution is -2.18. The predicted octanol–water partition coefficient (Wildman–Crippen LogP) is 2.93. The van der Waals surface area contributed by atoms with Crippen molar-refractivity contribution >= 4 is 0 Å². The van der Waals surface area contributed by atoms with Crippen LogP contribution in [0.3, 0.4) is 0 Å². The third kappa shape index (κ3) is 1.91. The molecule has 0 amide bonds. The molecular weight excluding hydrogens is 223 g/mol. The highest BCUT2D eigenvalue weighted by Crippen LogP contribution is 2.41. The number of alkyl halides is 3. The van der Waals surface area contributed by atoms with E-state index < -0.39 is 12.1 Å². The van der Waals surface area contributed by atoms with Gasteiger partial charge in [-0.15, -0.1) is 0 Å². The van der Waals surface area contributed by atoms with Crippen LogP contribution in [-0.2, 0) is 0 Å². The molecule has 1 aliphatic rings. The van der Waals surface area contributed by atoms with Crippen LogP contribution in [0.4, 0.5) is 13.2 Å². The van der Waals surface area contributed by atoms with E-state index in [0.717, 1.165) is 12.3 Å². The van der Waals surface area contributed by atoms with Crippen LogP contribution in [-0.4, -0.2) is 11.1 Å². The van der Waals surface area contributed by atoms with Crippen LogP contribution in [0.1, 0.15) is 11.5 Å². The van der Waals surface area contributed by atoms with Crippen molar-refractivity contribution in [1.29, 1.82) is 0 Å². The first-order valence-corrected chi connectivity index (χ1v) is 4.47. The molecule has 16 heavy (non-hydrogen) atoms. The van der Waals surface area contributed by atoms with E-state index >= 15 is 0 Å². The molecule has 0 saturated heterocycles. The SMILES string of the molecule is O=[N+]1C=CC(C(F)(F)F)c2ccccc2O1. The zero-order valence-corrected chi connectivity index (χ0v) is 7.94. The Kier molecular flexibility index (Phi) is 2.41. The molecule has 3 nitrogen and oxygen atoms in total. The van der Waals surface area contributed by atoms with Gasteiger partial charge in [-0.2, -0.15) is 18.0 Å². The van der Waals surface area contributed by atoms with Gasteiger partial charge in [0.25, 0.3) is 11.1 Å². The van der Waals surface area contributed by atoms with E-state index in [4.69, 9.17) is 0 Å². The van der Waals surface area contributed by atoms with Gasteiger partial charge in [0.1, 0.15) is 5.92 Å². The summed E-state index contributed by atoms with van der Waals surface area (Å²) < 4.78 is 38.1. The van der Waals surface area contributed by atoms with Gasteiger partial charge in [-0.25, -0.2) is 0 Å². The molecule has 0 N–H and O–H groups in total. The van der Waals surface area contributed by atoms with Crippen molar-refractivity contribution in [1.82, 2.24) is 0 Å². The van der Waals surface area contributed by atoms with E-state index in [0.29, 0.717) is 0 Å². The molecule has 1 aliphatic heterocycles. The van der Waals surface area contributed by atoms with Crippen LogP contribution in [0.25, 0.3) is 0 Å². The summed E-state index contributed by atoms with van der Waals surface area (Å²) in [4.78, 5) is 15.6. The normalized spacial score (nSPS) is 19.9. The largest absolute Gasteiger partial charge is 0.399 e. The summed E-state index contributed by atoms with van der Waals surface area (Å²) in [6.07, 6.45) is -2.95. The molecule has 0 saturated carbocycles. The van der Waals surface area contributed by atoms with Crippen LogP contribution in [0.2, 0.25) is 0 Å². The number of hydrogen-bond acceptors (Lipinski definition) is 2. The molecule has 0 aliphatic carbocycles. The van der Waals surface area contributed by atoms with Crippen LogP contribution < -0.4 is 4.84 Å². The Bertz CT molecular complexity index is 454. The second-order valence-electron chi connectivity index (χ2n) is 3.28. The Balaban J connectivity index is 2.54. The molecule has 2 rings (SSSR count). The lowest BCUT2D eigenvalue weighted by molar-refractivity contribution is -0.709. The summed E-state index contributed by atoms with van der Waals surface area (Å²) in [6.45, 7) is 0. The van der Waals surface area contributed by atoms with Crippen molar-refractivity contribution in [3.05, 3.63) is 47.0 Å². The minimum absolute atomic E-state index is 0.00454. The zero-order chi connectivity index (χ0) is 11.8. The molecule has 1 heterocycles. The molecule has 0 bridgehead atoms. The van der Waals surface area contributed by atoms with Gasteiger partial charge in [0.05, 0.1) is 4.91 Å². The van der Waals surface area contributed by atoms with Gasteiger partial charge in [0.15, 0.2) is 0 Å². The molecule has 0 aromatic heterocycles. The second kappa shape index (κ2) is 3.62.